The highest BCUT2D eigenvalue weighted by molar-refractivity contribution is 9.11. The molecule has 0 unspecified atom stereocenters. The monoisotopic (exact) mass is 318 g/mol. The Morgan fingerprint density at radius 1 is 1.35 bits per heavy atom. The smallest absolute Gasteiger partial charge is 0.275 e. The van der Waals surface area contributed by atoms with Crippen LogP contribution < -0.4 is 5.32 Å². The first-order valence-corrected chi connectivity index (χ1v) is 6.11. The summed E-state index contributed by atoms with van der Waals surface area (Å²) in [5.41, 5.74) is -0.369. The number of hydrogen-bond donors (Lipinski definition) is 1. The van der Waals surface area contributed by atoms with E-state index in [1.54, 1.807) is 0 Å². The SMILES string of the molecule is O=C(Nc1c(F)cccc1F)c1csc(Br)n1. The molecule has 0 saturated carbocycles. The van der Waals surface area contributed by atoms with Crippen LogP contribution in [0.1, 0.15) is 10.5 Å². The summed E-state index contributed by atoms with van der Waals surface area (Å²) in [4.78, 5) is 15.5. The summed E-state index contributed by atoms with van der Waals surface area (Å²) in [5.74, 6) is -2.31. The van der Waals surface area contributed by atoms with Crippen LogP contribution in [0.3, 0.4) is 0 Å². The summed E-state index contributed by atoms with van der Waals surface area (Å²) in [6.07, 6.45) is 0. The van der Waals surface area contributed by atoms with Crippen LogP contribution in [-0.2, 0) is 0 Å². The highest BCUT2D eigenvalue weighted by Gasteiger charge is 2.15. The van der Waals surface area contributed by atoms with Crippen molar-refractivity contribution in [3.63, 3.8) is 0 Å². The van der Waals surface area contributed by atoms with Crippen molar-refractivity contribution in [3.05, 3.63) is 44.8 Å². The molecule has 1 N–H and O–H groups in total. The number of nitrogens with zero attached hydrogens (tertiary/aromatic N) is 1. The Kier molecular flexibility index (Phi) is 3.49. The zero-order chi connectivity index (χ0) is 12.4. The molecule has 1 amide bonds. The van der Waals surface area contributed by atoms with Crippen molar-refractivity contribution in [2.24, 2.45) is 0 Å². The van der Waals surface area contributed by atoms with Gasteiger partial charge in [-0.2, -0.15) is 0 Å². The van der Waals surface area contributed by atoms with Crippen LogP contribution in [0.4, 0.5) is 14.5 Å². The van der Waals surface area contributed by atoms with Gasteiger partial charge in [-0.1, -0.05) is 6.07 Å². The van der Waals surface area contributed by atoms with Crippen LogP contribution in [0.25, 0.3) is 0 Å². The third kappa shape index (κ3) is 2.67. The van der Waals surface area contributed by atoms with E-state index in [2.05, 4.69) is 26.2 Å². The highest BCUT2D eigenvalue weighted by atomic mass is 79.9. The Labute approximate surface area is 108 Å². The van der Waals surface area contributed by atoms with Crippen molar-refractivity contribution in [1.29, 1.82) is 0 Å². The quantitative estimate of drug-likeness (QED) is 0.921. The fourth-order valence-electron chi connectivity index (χ4n) is 1.15. The number of aromatic nitrogens is 1. The van der Waals surface area contributed by atoms with Gasteiger partial charge in [-0.15, -0.1) is 11.3 Å². The molecule has 1 aromatic carbocycles. The zero-order valence-corrected chi connectivity index (χ0v) is 10.6. The molecule has 0 aliphatic rings. The number of carbonyl (C=O) groups excluding carboxylic acids is 1. The number of carbonyl (C=O) groups is 1. The Hall–Kier alpha value is -1.34. The van der Waals surface area contributed by atoms with Gasteiger partial charge in [0.15, 0.2) is 3.92 Å². The summed E-state index contributed by atoms with van der Waals surface area (Å²) in [6, 6.07) is 3.35. The van der Waals surface area contributed by atoms with Gasteiger partial charge in [-0.25, -0.2) is 13.8 Å². The first-order chi connectivity index (χ1) is 8.08. The molecule has 17 heavy (non-hydrogen) atoms. The number of halogens is 3. The lowest BCUT2D eigenvalue weighted by Crippen LogP contribution is -2.14. The summed E-state index contributed by atoms with van der Waals surface area (Å²) in [7, 11) is 0. The normalized spacial score (nSPS) is 10.3. The van der Waals surface area contributed by atoms with Crippen LogP contribution in [0, 0.1) is 11.6 Å². The van der Waals surface area contributed by atoms with E-state index in [-0.39, 0.29) is 5.69 Å². The van der Waals surface area contributed by atoms with E-state index in [0.29, 0.717) is 3.92 Å². The van der Waals surface area contributed by atoms with Crippen molar-refractivity contribution in [3.8, 4) is 0 Å². The number of benzene rings is 1. The molecule has 3 nitrogen and oxygen atoms in total. The van der Waals surface area contributed by atoms with Crippen molar-refractivity contribution >= 4 is 38.9 Å². The molecule has 88 valence electrons. The molecule has 2 aromatic rings. The molecule has 0 saturated heterocycles. The second kappa shape index (κ2) is 4.89. The lowest BCUT2D eigenvalue weighted by atomic mass is 10.3. The molecule has 0 aliphatic carbocycles. The molecule has 0 atom stereocenters. The van der Waals surface area contributed by atoms with E-state index in [1.807, 2.05) is 0 Å². The molecule has 0 spiro atoms. The van der Waals surface area contributed by atoms with Crippen molar-refractivity contribution in [2.75, 3.05) is 5.32 Å². The van der Waals surface area contributed by atoms with Gasteiger partial charge in [-0.05, 0) is 28.1 Å². The van der Waals surface area contributed by atoms with E-state index in [1.165, 1.54) is 22.8 Å². The van der Waals surface area contributed by atoms with Crippen LogP contribution in [-0.4, -0.2) is 10.9 Å². The summed E-state index contributed by atoms with van der Waals surface area (Å²) in [5, 5.41) is 3.63. The minimum Gasteiger partial charge on any atom is -0.316 e. The second-order valence-electron chi connectivity index (χ2n) is 3.04. The maximum atomic E-state index is 13.2. The van der Waals surface area contributed by atoms with Gasteiger partial charge >= 0.3 is 0 Å². The second-order valence-corrected chi connectivity index (χ2v) is 5.17. The average Bonchev–Trinajstić information content (AvgIpc) is 2.70. The number of rotatable bonds is 2. The van der Waals surface area contributed by atoms with Gasteiger partial charge < -0.3 is 5.32 Å². The van der Waals surface area contributed by atoms with Crippen LogP contribution in [0.2, 0.25) is 0 Å². The molecule has 2 rings (SSSR count). The number of nitrogens with one attached hydrogen (secondary N) is 1. The average molecular weight is 319 g/mol. The molecule has 1 aromatic heterocycles. The first kappa shape index (κ1) is 12.1. The molecule has 0 radical (unpaired) electrons. The van der Waals surface area contributed by atoms with Gasteiger partial charge in [0.1, 0.15) is 23.0 Å². The minimum absolute atomic E-state index is 0.101. The van der Waals surface area contributed by atoms with E-state index in [9.17, 15) is 13.6 Å². The largest absolute Gasteiger partial charge is 0.316 e. The Morgan fingerprint density at radius 3 is 2.53 bits per heavy atom. The zero-order valence-electron chi connectivity index (χ0n) is 8.21. The summed E-state index contributed by atoms with van der Waals surface area (Å²) < 4.78 is 27.0. The fraction of sp³-hybridized carbons (Fsp3) is 0. The lowest BCUT2D eigenvalue weighted by Gasteiger charge is -2.05. The highest BCUT2D eigenvalue weighted by Crippen LogP contribution is 2.20. The number of hydrogen-bond acceptors (Lipinski definition) is 3. The molecular weight excluding hydrogens is 314 g/mol. The van der Waals surface area contributed by atoms with E-state index in [0.717, 1.165) is 12.1 Å². The fourth-order valence-corrected chi connectivity index (χ4v) is 2.14. The molecular formula is C10H5BrF2N2OS. The van der Waals surface area contributed by atoms with E-state index >= 15 is 0 Å². The van der Waals surface area contributed by atoms with Crippen molar-refractivity contribution < 1.29 is 13.6 Å². The number of amides is 1. The maximum Gasteiger partial charge on any atom is 0.275 e. The predicted molar refractivity (Wildman–Crippen MR) is 64.1 cm³/mol. The van der Waals surface area contributed by atoms with E-state index < -0.39 is 23.2 Å². The number of para-hydroxylation sites is 1. The van der Waals surface area contributed by atoms with Gasteiger partial charge in [0.2, 0.25) is 0 Å². The maximum absolute atomic E-state index is 13.2. The third-order valence-electron chi connectivity index (χ3n) is 1.91. The Bertz CT molecular complexity index is 553. The molecule has 0 aliphatic heterocycles. The van der Waals surface area contributed by atoms with Crippen LogP contribution in [0.5, 0.6) is 0 Å². The number of anilines is 1. The third-order valence-corrected chi connectivity index (χ3v) is 3.28. The van der Waals surface area contributed by atoms with Gasteiger partial charge in [0.05, 0.1) is 0 Å². The van der Waals surface area contributed by atoms with Crippen LogP contribution >= 0.6 is 27.3 Å². The Balaban J connectivity index is 2.24. The van der Waals surface area contributed by atoms with Gasteiger partial charge in [0, 0.05) is 5.38 Å². The van der Waals surface area contributed by atoms with Crippen LogP contribution in [0.15, 0.2) is 27.5 Å². The molecule has 7 heteroatoms. The van der Waals surface area contributed by atoms with Gasteiger partial charge in [0.25, 0.3) is 5.91 Å². The topological polar surface area (TPSA) is 42.0 Å². The minimum atomic E-state index is -0.826. The standard InChI is InChI=1S/C10H5BrF2N2OS/c11-10-14-7(4-17-10)9(16)15-8-5(12)2-1-3-6(8)13/h1-4H,(H,15,16). The molecule has 0 bridgehead atoms. The summed E-state index contributed by atoms with van der Waals surface area (Å²) >= 11 is 4.30. The molecule has 1 heterocycles. The van der Waals surface area contributed by atoms with E-state index in [4.69, 9.17) is 0 Å². The van der Waals surface area contributed by atoms with Gasteiger partial charge in [-0.3, -0.25) is 4.79 Å². The Morgan fingerprint density at radius 2 is 2.00 bits per heavy atom. The first-order valence-electron chi connectivity index (χ1n) is 4.44. The van der Waals surface area contributed by atoms with Crippen molar-refractivity contribution in [2.45, 2.75) is 0 Å². The van der Waals surface area contributed by atoms with Crippen molar-refractivity contribution in [1.82, 2.24) is 4.98 Å². The lowest BCUT2D eigenvalue weighted by molar-refractivity contribution is 0.102. The number of thiazole rings is 1. The summed E-state index contributed by atoms with van der Waals surface area (Å²) in [6.45, 7) is 0. The predicted octanol–water partition coefficient (Wildman–Crippen LogP) is 3.44. The molecule has 0 fully saturated rings.